The first-order chi connectivity index (χ1) is 12.2. The molecule has 1 saturated heterocycles. The zero-order chi connectivity index (χ0) is 17.2. The molecule has 2 aromatic rings. The molecule has 1 atom stereocenters. The van der Waals surface area contributed by atoms with Crippen LogP contribution >= 0.6 is 23.2 Å². The summed E-state index contributed by atoms with van der Waals surface area (Å²) < 4.78 is 17.0. The van der Waals surface area contributed by atoms with Crippen LogP contribution in [0.4, 0.5) is 0 Å². The summed E-state index contributed by atoms with van der Waals surface area (Å²) in [7, 11) is 0. The van der Waals surface area contributed by atoms with Crippen molar-refractivity contribution in [1.29, 1.82) is 0 Å². The largest absolute Gasteiger partial charge is 0.467 e. The van der Waals surface area contributed by atoms with Gasteiger partial charge >= 0.3 is 0 Å². The SMILES string of the molecule is Clc1ccc(C2CN(Cc3cc(Cl)cc4c3OCOC4)CCO2)cc1. The fourth-order valence-corrected chi connectivity index (χ4v) is 3.73. The van der Waals surface area contributed by atoms with Gasteiger partial charge in [0.1, 0.15) is 5.75 Å². The Labute approximate surface area is 157 Å². The Kier molecular flexibility index (Phi) is 5.15. The molecule has 2 aliphatic rings. The number of hydrogen-bond acceptors (Lipinski definition) is 4. The lowest BCUT2D eigenvalue weighted by Crippen LogP contribution is -2.38. The van der Waals surface area contributed by atoms with E-state index in [4.69, 9.17) is 37.4 Å². The summed E-state index contributed by atoms with van der Waals surface area (Å²) in [6, 6.07) is 11.8. The van der Waals surface area contributed by atoms with Gasteiger partial charge in [0.05, 0.1) is 19.3 Å². The first-order valence-corrected chi connectivity index (χ1v) is 9.06. The lowest BCUT2D eigenvalue weighted by atomic mass is 10.1. The van der Waals surface area contributed by atoms with Crippen molar-refractivity contribution in [3.8, 4) is 5.75 Å². The summed E-state index contributed by atoms with van der Waals surface area (Å²) in [4.78, 5) is 2.37. The Hall–Kier alpha value is -1.30. The predicted octanol–water partition coefficient (Wildman–Crippen LogP) is 4.43. The molecular weight excluding hydrogens is 361 g/mol. The highest BCUT2D eigenvalue weighted by atomic mass is 35.5. The van der Waals surface area contributed by atoms with Crippen LogP contribution in [0.1, 0.15) is 22.8 Å². The maximum atomic E-state index is 6.27. The zero-order valence-electron chi connectivity index (χ0n) is 13.7. The number of benzene rings is 2. The molecule has 2 aliphatic heterocycles. The third-order valence-electron chi connectivity index (χ3n) is 4.54. The fourth-order valence-electron chi connectivity index (χ4n) is 3.34. The third kappa shape index (κ3) is 3.94. The van der Waals surface area contributed by atoms with Crippen LogP contribution in [-0.2, 0) is 22.6 Å². The molecule has 0 spiro atoms. The highest BCUT2D eigenvalue weighted by Crippen LogP contribution is 2.33. The van der Waals surface area contributed by atoms with Gasteiger partial charge in [-0.1, -0.05) is 35.3 Å². The molecule has 0 N–H and O–H groups in total. The molecule has 4 rings (SSSR count). The van der Waals surface area contributed by atoms with Crippen LogP contribution in [0, 0.1) is 0 Å². The van der Waals surface area contributed by atoms with E-state index < -0.39 is 0 Å². The first kappa shape index (κ1) is 17.1. The summed E-state index contributed by atoms with van der Waals surface area (Å²) in [5.74, 6) is 0.908. The van der Waals surface area contributed by atoms with E-state index in [2.05, 4.69) is 4.90 Å². The monoisotopic (exact) mass is 379 g/mol. The van der Waals surface area contributed by atoms with Crippen molar-refractivity contribution in [2.45, 2.75) is 19.3 Å². The predicted molar refractivity (Wildman–Crippen MR) is 97.2 cm³/mol. The van der Waals surface area contributed by atoms with Crippen LogP contribution in [0.2, 0.25) is 10.0 Å². The smallest absolute Gasteiger partial charge is 0.189 e. The van der Waals surface area contributed by atoms with Gasteiger partial charge in [-0.3, -0.25) is 4.90 Å². The zero-order valence-corrected chi connectivity index (χ0v) is 15.2. The van der Waals surface area contributed by atoms with Gasteiger partial charge in [-0.25, -0.2) is 0 Å². The van der Waals surface area contributed by atoms with Gasteiger partial charge in [0.15, 0.2) is 6.79 Å². The van der Waals surface area contributed by atoms with Crippen LogP contribution < -0.4 is 4.74 Å². The minimum Gasteiger partial charge on any atom is -0.467 e. The van der Waals surface area contributed by atoms with Gasteiger partial charge in [0, 0.05) is 40.8 Å². The molecule has 1 unspecified atom stereocenters. The molecule has 0 radical (unpaired) electrons. The van der Waals surface area contributed by atoms with E-state index in [1.807, 2.05) is 36.4 Å². The highest BCUT2D eigenvalue weighted by molar-refractivity contribution is 6.31. The van der Waals surface area contributed by atoms with Gasteiger partial charge in [-0.2, -0.15) is 0 Å². The van der Waals surface area contributed by atoms with Gasteiger partial charge < -0.3 is 14.2 Å². The van der Waals surface area contributed by atoms with Crippen molar-refractivity contribution in [1.82, 2.24) is 4.90 Å². The molecule has 2 aromatic carbocycles. The minimum atomic E-state index is 0.0466. The van der Waals surface area contributed by atoms with Crippen molar-refractivity contribution in [2.24, 2.45) is 0 Å². The van der Waals surface area contributed by atoms with Crippen molar-refractivity contribution in [3.05, 3.63) is 63.1 Å². The standard InChI is InChI=1S/C19H19Cl2NO3/c20-16-3-1-13(2-4-16)18-10-22(5-6-24-18)9-14-7-17(21)8-15-11-23-12-25-19(14)15/h1-4,7-8,18H,5-6,9-12H2. The van der Waals surface area contributed by atoms with E-state index in [0.717, 1.165) is 47.1 Å². The average molecular weight is 380 g/mol. The van der Waals surface area contributed by atoms with Gasteiger partial charge in [0.2, 0.25) is 0 Å². The first-order valence-electron chi connectivity index (χ1n) is 8.30. The van der Waals surface area contributed by atoms with Crippen LogP contribution in [0.25, 0.3) is 0 Å². The van der Waals surface area contributed by atoms with Gasteiger partial charge in [-0.05, 0) is 29.8 Å². The van der Waals surface area contributed by atoms with Gasteiger partial charge in [0.25, 0.3) is 0 Å². The second-order valence-corrected chi connectivity index (χ2v) is 7.18. The van der Waals surface area contributed by atoms with E-state index >= 15 is 0 Å². The molecule has 0 amide bonds. The number of morpholine rings is 1. The lowest BCUT2D eigenvalue weighted by Gasteiger charge is -2.34. The Morgan fingerprint density at radius 2 is 1.92 bits per heavy atom. The lowest BCUT2D eigenvalue weighted by molar-refractivity contribution is -0.0354. The maximum absolute atomic E-state index is 6.27. The molecule has 2 heterocycles. The van der Waals surface area contributed by atoms with Crippen LogP contribution in [0.3, 0.4) is 0 Å². The van der Waals surface area contributed by atoms with E-state index in [1.165, 1.54) is 0 Å². The molecule has 1 fully saturated rings. The van der Waals surface area contributed by atoms with Crippen LogP contribution in [0.5, 0.6) is 5.75 Å². The molecule has 0 saturated carbocycles. The normalized spacial score (nSPS) is 20.8. The molecule has 132 valence electrons. The fraction of sp³-hybridized carbons (Fsp3) is 0.368. The summed E-state index contributed by atoms with van der Waals surface area (Å²) in [6.07, 6.45) is 0.0466. The number of ether oxygens (including phenoxy) is 3. The number of rotatable bonds is 3. The van der Waals surface area contributed by atoms with Crippen LogP contribution in [0.15, 0.2) is 36.4 Å². The van der Waals surface area contributed by atoms with Crippen molar-refractivity contribution >= 4 is 23.2 Å². The average Bonchev–Trinajstić information content (AvgIpc) is 2.62. The summed E-state index contributed by atoms with van der Waals surface area (Å²) in [6.45, 7) is 4.00. The summed E-state index contributed by atoms with van der Waals surface area (Å²) in [5, 5.41) is 1.45. The minimum absolute atomic E-state index is 0.0466. The topological polar surface area (TPSA) is 30.9 Å². The van der Waals surface area contributed by atoms with Gasteiger partial charge in [-0.15, -0.1) is 0 Å². The molecule has 0 aliphatic carbocycles. The van der Waals surface area contributed by atoms with Crippen molar-refractivity contribution in [3.63, 3.8) is 0 Å². The number of fused-ring (bicyclic) bond motifs is 1. The second-order valence-electron chi connectivity index (χ2n) is 6.31. The Bertz CT molecular complexity index is 751. The highest BCUT2D eigenvalue weighted by Gasteiger charge is 2.24. The number of halogens is 2. The second kappa shape index (κ2) is 7.52. The van der Waals surface area contributed by atoms with E-state index in [9.17, 15) is 0 Å². The number of hydrogen-bond donors (Lipinski definition) is 0. The van der Waals surface area contributed by atoms with E-state index in [0.29, 0.717) is 18.2 Å². The summed E-state index contributed by atoms with van der Waals surface area (Å²) in [5.41, 5.74) is 3.26. The number of nitrogens with zero attached hydrogens (tertiary/aromatic N) is 1. The Balaban J connectivity index is 1.51. The Morgan fingerprint density at radius 1 is 1.08 bits per heavy atom. The Morgan fingerprint density at radius 3 is 2.76 bits per heavy atom. The van der Waals surface area contributed by atoms with Crippen LogP contribution in [-0.4, -0.2) is 31.4 Å². The molecule has 0 bridgehead atoms. The van der Waals surface area contributed by atoms with E-state index in [-0.39, 0.29) is 12.9 Å². The van der Waals surface area contributed by atoms with E-state index in [1.54, 1.807) is 0 Å². The maximum Gasteiger partial charge on any atom is 0.189 e. The molecule has 25 heavy (non-hydrogen) atoms. The molecular formula is C19H19Cl2NO3. The van der Waals surface area contributed by atoms with Crippen molar-refractivity contribution < 1.29 is 14.2 Å². The molecule has 6 heteroatoms. The summed E-state index contributed by atoms with van der Waals surface area (Å²) >= 11 is 12.3. The third-order valence-corrected chi connectivity index (χ3v) is 5.01. The molecule has 0 aromatic heterocycles. The quantitative estimate of drug-likeness (QED) is 0.788. The molecule has 4 nitrogen and oxygen atoms in total. The van der Waals surface area contributed by atoms with Crippen molar-refractivity contribution in [2.75, 3.05) is 26.5 Å².